The summed E-state index contributed by atoms with van der Waals surface area (Å²) in [5.74, 6) is 0. The highest BCUT2D eigenvalue weighted by molar-refractivity contribution is 4.64. The van der Waals surface area contributed by atoms with Crippen molar-refractivity contribution in [3.05, 3.63) is 0 Å². The fourth-order valence-electron chi connectivity index (χ4n) is 1.07. The Morgan fingerprint density at radius 2 is 1.79 bits per heavy atom. The van der Waals surface area contributed by atoms with Crippen molar-refractivity contribution in [3.63, 3.8) is 0 Å². The predicted octanol–water partition coefficient (Wildman–Crippen LogP) is -1.20. The smallest absolute Gasteiger partial charge is 0.104 e. The lowest BCUT2D eigenvalue weighted by atomic mass is 10.1. The molecule has 0 heterocycles. The van der Waals surface area contributed by atoms with Crippen molar-refractivity contribution in [2.75, 3.05) is 13.2 Å². The van der Waals surface area contributed by atoms with Crippen LogP contribution in [0.2, 0.25) is 0 Å². The summed E-state index contributed by atoms with van der Waals surface area (Å²) >= 11 is 0. The van der Waals surface area contributed by atoms with Crippen LogP contribution in [-0.2, 0) is 0 Å². The molecule has 0 radical (unpaired) electrons. The normalized spacial score (nSPS) is 17.8. The van der Waals surface area contributed by atoms with E-state index >= 15 is 0 Å². The molecule has 5 N–H and O–H groups in total. The van der Waals surface area contributed by atoms with Gasteiger partial charge in [0.05, 0.1) is 18.8 Å². The van der Waals surface area contributed by atoms with Crippen LogP contribution in [0.1, 0.15) is 26.2 Å². The van der Waals surface area contributed by atoms with Crippen LogP contribution in [-0.4, -0.2) is 52.0 Å². The number of hydrogen-bond donors (Lipinski definition) is 5. The van der Waals surface area contributed by atoms with Gasteiger partial charge in [0.2, 0.25) is 0 Å². The molecule has 0 fully saturated rings. The summed E-state index contributed by atoms with van der Waals surface area (Å²) in [6.07, 6.45) is -0.802. The van der Waals surface area contributed by atoms with E-state index in [0.717, 1.165) is 0 Å². The van der Waals surface area contributed by atoms with Gasteiger partial charge in [-0.15, -0.1) is 0 Å². The molecule has 86 valence electrons. The highest BCUT2D eigenvalue weighted by Gasteiger charge is 2.10. The average Bonchev–Trinajstić information content (AvgIpc) is 2.17. The zero-order chi connectivity index (χ0) is 11.0. The standard InChI is InChI=1S/C9H21NO4/c1-2-9(14)10-4-3-7(12)5-8(13)6-11/h7-14H,2-6H2,1H3. The van der Waals surface area contributed by atoms with Gasteiger partial charge in [-0.2, -0.15) is 0 Å². The summed E-state index contributed by atoms with van der Waals surface area (Å²) in [7, 11) is 0. The maximum Gasteiger partial charge on any atom is 0.104 e. The van der Waals surface area contributed by atoms with Gasteiger partial charge in [-0.3, -0.25) is 5.32 Å². The lowest BCUT2D eigenvalue weighted by molar-refractivity contribution is 0.0367. The van der Waals surface area contributed by atoms with Gasteiger partial charge >= 0.3 is 0 Å². The lowest BCUT2D eigenvalue weighted by Gasteiger charge is -2.15. The predicted molar refractivity (Wildman–Crippen MR) is 52.6 cm³/mol. The molecule has 0 saturated carbocycles. The first kappa shape index (κ1) is 13.8. The molecule has 0 bridgehead atoms. The van der Waals surface area contributed by atoms with Crippen molar-refractivity contribution in [3.8, 4) is 0 Å². The van der Waals surface area contributed by atoms with Gasteiger partial charge in [0.25, 0.3) is 0 Å². The Hall–Kier alpha value is -0.200. The fraction of sp³-hybridized carbons (Fsp3) is 1.00. The molecule has 0 amide bonds. The van der Waals surface area contributed by atoms with Crippen LogP contribution in [0.3, 0.4) is 0 Å². The highest BCUT2D eigenvalue weighted by atomic mass is 16.3. The maximum absolute atomic E-state index is 9.34. The van der Waals surface area contributed by atoms with Crippen molar-refractivity contribution in [1.82, 2.24) is 5.32 Å². The van der Waals surface area contributed by atoms with Crippen molar-refractivity contribution in [1.29, 1.82) is 0 Å². The monoisotopic (exact) mass is 207 g/mol. The third kappa shape index (κ3) is 7.23. The first-order valence-corrected chi connectivity index (χ1v) is 4.98. The van der Waals surface area contributed by atoms with Crippen LogP contribution >= 0.6 is 0 Å². The Morgan fingerprint density at radius 1 is 1.14 bits per heavy atom. The molecule has 0 aromatic heterocycles. The quantitative estimate of drug-likeness (QED) is 0.322. The minimum Gasteiger partial charge on any atom is -0.394 e. The van der Waals surface area contributed by atoms with Crippen LogP contribution in [0.25, 0.3) is 0 Å². The van der Waals surface area contributed by atoms with E-state index in [0.29, 0.717) is 19.4 Å². The second-order valence-corrected chi connectivity index (χ2v) is 3.39. The van der Waals surface area contributed by atoms with E-state index in [1.807, 2.05) is 6.92 Å². The molecule has 0 aliphatic rings. The van der Waals surface area contributed by atoms with Crippen molar-refractivity contribution >= 4 is 0 Å². The summed E-state index contributed by atoms with van der Waals surface area (Å²) in [4.78, 5) is 0. The molecular formula is C9H21NO4. The van der Waals surface area contributed by atoms with Crippen molar-refractivity contribution in [2.45, 2.75) is 44.6 Å². The highest BCUT2D eigenvalue weighted by Crippen LogP contribution is 2.01. The minimum atomic E-state index is -0.860. The van der Waals surface area contributed by atoms with Gasteiger partial charge in [-0.05, 0) is 19.4 Å². The number of nitrogens with one attached hydrogen (secondary N) is 1. The molecule has 5 nitrogen and oxygen atoms in total. The van der Waals surface area contributed by atoms with E-state index in [2.05, 4.69) is 5.32 Å². The van der Waals surface area contributed by atoms with E-state index in [4.69, 9.17) is 15.3 Å². The molecule has 3 atom stereocenters. The van der Waals surface area contributed by atoms with E-state index in [1.165, 1.54) is 0 Å². The molecule has 5 heteroatoms. The minimum absolute atomic E-state index is 0.167. The van der Waals surface area contributed by atoms with Crippen LogP contribution < -0.4 is 5.32 Å². The van der Waals surface area contributed by atoms with Gasteiger partial charge in [0.15, 0.2) is 0 Å². The molecule has 0 aromatic carbocycles. The fourth-order valence-corrected chi connectivity index (χ4v) is 1.07. The van der Waals surface area contributed by atoms with E-state index in [9.17, 15) is 5.11 Å². The molecular weight excluding hydrogens is 186 g/mol. The molecule has 3 unspecified atom stereocenters. The maximum atomic E-state index is 9.34. The van der Waals surface area contributed by atoms with E-state index in [-0.39, 0.29) is 13.0 Å². The van der Waals surface area contributed by atoms with Gasteiger partial charge in [0, 0.05) is 6.42 Å². The van der Waals surface area contributed by atoms with Gasteiger partial charge in [0.1, 0.15) is 6.23 Å². The Labute approximate surface area is 84.4 Å². The first-order chi connectivity index (χ1) is 6.60. The number of aliphatic hydroxyl groups excluding tert-OH is 4. The summed E-state index contributed by atoms with van der Waals surface area (Å²) in [6, 6.07) is 0. The molecule has 0 spiro atoms. The zero-order valence-corrected chi connectivity index (χ0v) is 8.56. The summed E-state index contributed by atoms with van der Waals surface area (Å²) in [6.45, 7) is 2.01. The molecule has 0 saturated heterocycles. The van der Waals surface area contributed by atoms with Crippen LogP contribution in [0.4, 0.5) is 0 Å². The van der Waals surface area contributed by atoms with Crippen molar-refractivity contribution in [2.24, 2.45) is 0 Å². The second kappa shape index (κ2) is 8.14. The van der Waals surface area contributed by atoms with Gasteiger partial charge < -0.3 is 20.4 Å². The summed E-state index contributed by atoms with van der Waals surface area (Å²) < 4.78 is 0. The Morgan fingerprint density at radius 3 is 2.29 bits per heavy atom. The van der Waals surface area contributed by atoms with Crippen LogP contribution in [0.15, 0.2) is 0 Å². The van der Waals surface area contributed by atoms with Crippen LogP contribution in [0, 0.1) is 0 Å². The molecule has 0 aromatic rings. The van der Waals surface area contributed by atoms with Crippen molar-refractivity contribution < 1.29 is 20.4 Å². The second-order valence-electron chi connectivity index (χ2n) is 3.39. The van der Waals surface area contributed by atoms with E-state index in [1.54, 1.807) is 0 Å². The third-order valence-electron chi connectivity index (χ3n) is 2.00. The first-order valence-electron chi connectivity index (χ1n) is 4.98. The molecule has 0 aliphatic heterocycles. The molecule has 0 aliphatic carbocycles. The Kier molecular flexibility index (Phi) is 8.02. The lowest BCUT2D eigenvalue weighted by Crippen LogP contribution is -2.31. The Bertz CT molecular complexity index is 134. The van der Waals surface area contributed by atoms with Crippen LogP contribution in [0.5, 0.6) is 0 Å². The average molecular weight is 207 g/mol. The summed E-state index contributed by atoms with van der Waals surface area (Å²) in [5, 5.41) is 38.8. The van der Waals surface area contributed by atoms with E-state index < -0.39 is 18.4 Å². The summed E-state index contributed by atoms with van der Waals surface area (Å²) in [5.41, 5.74) is 0. The Balaban J connectivity index is 3.39. The molecule has 14 heavy (non-hydrogen) atoms. The van der Waals surface area contributed by atoms with Gasteiger partial charge in [-0.25, -0.2) is 0 Å². The number of hydrogen-bond acceptors (Lipinski definition) is 5. The SMILES string of the molecule is CCC(O)NCCC(O)CC(O)CO. The third-order valence-corrected chi connectivity index (χ3v) is 2.00. The number of aliphatic hydroxyl groups is 4. The topological polar surface area (TPSA) is 93.0 Å². The number of rotatable bonds is 8. The van der Waals surface area contributed by atoms with Gasteiger partial charge in [-0.1, -0.05) is 6.92 Å². The zero-order valence-electron chi connectivity index (χ0n) is 8.56. The molecule has 0 rings (SSSR count). The largest absolute Gasteiger partial charge is 0.394 e.